The summed E-state index contributed by atoms with van der Waals surface area (Å²) >= 11 is 5.70. The maximum Gasteiger partial charge on any atom is 0.179 e. The molecule has 0 N–H and O–H groups in total. The van der Waals surface area contributed by atoms with Gasteiger partial charge in [-0.05, 0) is 18.1 Å². The molecule has 0 radical (unpaired) electrons. The summed E-state index contributed by atoms with van der Waals surface area (Å²) in [6.07, 6.45) is 0. The van der Waals surface area contributed by atoms with Gasteiger partial charge in [-0.3, -0.25) is 0 Å². The van der Waals surface area contributed by atoms with Crippen molar-refractivity contribution in [3.05, 3.63) is 42.0 Å². The van der Waals surface area contributed by atoms with E-state index in [0.29, 0.717) is 22.2 Å². The van der Waals surface area contributed by atoms with Gasteiger partial charge in [0.15, 0.2) is 9.84 Å². The molecule has 0 aliphatic rings. The Morgan fingerprint density at radius 3 is 2.45 bits per heavy atom. The van der Waals surface area contributed by atoms with Crippen LogP contribution in [0.25, 0.3) is 10.8 Å². The van der Waals surface area contributed by atoms with Gasteiger partial charge in [0.1, 0.15) is 0 Å². The third-order valence-corrected chi connectivity index (χ3v) is 5.67. The van der Waals surface area contributed by atoms with E-state index in [-0.39, 0.29) is 16.6 Å². The van der Waals surface area contributed by atoms with E-state index in [1.807, 2.05) is 0 Å². The molecular weight excluding hydrogens is 294 g/mol. The van der Waals surface area contributed by atoms with Crippen LogP contribution in [0.15, 0.2) is 41.3 Å². The van der Waals surface area contributed by atoms with Crippen molar-refractivity contribution in [3.63, 3.8) is 0 Å². The summed E-state index contributed by atoms with van der Waals surface area (Å²) in [5, 5.41) is 10.3. The number of hydrogen-bond donors (Lipinski definition) is 0. The highest BCUT2D eigenvalue weighted by Gasteiger charge is 2.21. The maximum atomic E-state index is 12.5. The third kappa shape index (κ3) is 2.79. The molecule has 3 nitrogen and oxygen atoms in total. The van der Waals surface area contributed by atoms with Gasteiger partial charge in [-0.2, -0.15) is 5.26 Å². The molecule has 0 spiro atoms. The Hall–Kier alpha value is -1.57. The normalized spacial score (nSPS) is 13.1. The van der Waals surface area contributed by atoms with E-state index in [9.17, 15) is 8.42 Å². The van der Waals surface area contributed by atoms with Crippen molar-refractivity contribution in [2.75, 3.05) is 11.6 Å². The van der Waals surface area contributed by atoms with Crippen LogP contribution >= 0.6 is 11.6 Å². The maximum absolute atomic E-state index is 12.5. The minimum absolute atomic E-state index is 0.00634. The zero-order chi connectivity index (χ0) is 14.8. The van der Waals surface area contributed by atoms with Gasteiger partial charge in [-0.25, -0.2) is 8.42 Å². The van der Waals surface area contributed by atoms with Crippen molar-refractivity contribution < 1.29 is 8.42 Å². The molecule has 2 aromatic rings. The van der Waals surface area contributed by atoms with Gasteiger partial charge >= 0.3 is 0 Å². The molecule has 0 saturated carbocycles. The summed E-state index contributed by atoms with van der Waals surface area (Å²) in [7, 11) is -3.42. The Balaban J connectivity index is 2.65. The first-order valence-electron chi connectivity index (χ1n) is 6.20. The Labute approximate surface area is 123 Å². The van der Waals surface area contributed by atoms with Gasteiger partial charge in [0.2, 0.25) is 0 Å². The summed E-state index contributed by atoms with van der Waals surface area (Å²) < 4.78 is 24.9. The van der Waals surface area contributed by atoms with E-state index in [2.05, 4.69) is 6.07 Å². The fourth-order valence-electron chi connectivity index (χ4n) is 2.15. The monoisotopic (exact) mass is 307 g/mol. The minimum Gasteiger partial charge on any atom is -0.224 e. The highest BCUT2D eigenvalue weighted by molar-refractivity contribution is 7.91. The molecule has 2 rings (SSSR count). The smallest absolute Gasteiger partial charge is 0.179 e. The second kappa shape index (κ2) is 5.82. The topological polar surface area (TPSA) is 57.9 Å². The summed E-state index contributed by atoms with van der Waals surface area (Å²) in [4.78, 5) is 0.268. The van der Waals surface area contributed by atoms with Gasteiger partial charge in [0, 0.05) is 16.7 Å². The fraction of sp³-hybridized carbons (Fsp3) is 0.267. The fourth-order valence-corrected chi connectivity index (χ4v) is 4.22. The lowest BCUT2D eigenvalue weighted by molar-refractivity contribution is 0.584. The van der Waals surface area contributed by atoms with Crippen molar-refractivity contribution in [3.8, 4) is 6.07 Å². The molecule has 0 amide bonds. The van der Waals surface area contributed by atoms with Crippen LogP contribution in [0.5, 0.6) is 0 Å². The zero-order valence-corrected chi connectivity index (χ0v) is 12.6. The molecule has 20 heavy (non-hydrogen) atoms. The molecule has 0 heterocycles. The molecule has 0 aliphatic carbocycles. The number of nitrogens with zero attached hydrogens (tertiary/aromatic N) is 1. The number of benzene rings is 2. The predicted octanol–water partition coefficient (Wildman–Crippen LogP) is 3.36. The molecule has 104 valence electrons. The van der Waals surface area contributed by atoms with Crippen molar-refractivity contribution in [2.45, 2.75) is 11.8 Å². The van der Waals surface area contributed by atoms with Crippen molar-refractivity contribution in [2.24, 2.45) is 5.92 Å². The number of alkyl halides is 1. The second-order valence-electron chi connectivity index (χ2n) is 4.81. The minimum atomic E-state index is -3.42. The molecule has 0 aliphatic heterocycles. The third-order valence-electron chi connectivity index (χ3n) is 3.11. The molecule has 5 heteroatoms. The van der Waals surface area contributed by atoms with Crippen LogP contribution in [0.1, 0.15) is 12.5 Å². The number of rotatable bonds is 4. The van der Waals surface area contributed by atoms with Gasteiger partial charge < -0.3 is 0 Å². The van der Waals surface area contributed by atoms with Crippen LogP contribution in [0.2, 0.25) is 0 Å². The van der Waals surface area contributed by atoms with E-state index in [1.54, 1.807) is 37.3 Å². The van der Waals surface area contributed by atoms with Crippen LogP contribution in [-0.4, -0.2) is 20.1 Å². The Morgan fingerprint density at radius 2 is 1.85 bits per heavy atom. The number of fused-ring (bicyclic) bond motifs is 1. The first-order valence-corrected chi connectivity index (χ1v) is 8.39. The highest BCUT2D eigenvalue weighted by Crippen LogP contribution is 2.27. The van der Waals surface area contributed by atoms with E-state index in [1.165, 1.54) is 6.07 Å². The van der Waals surface area contributed by atoms with Gasteiger partial charge in [0.05, 0.1) is 22.3 Å². The van der Waals surface area contributed by atoms with E-state index in [4.69, 9.17) is 16.9 Å². The van der Waals surface area contributed by atoms with Crippen molar-refractivity contribution >= 4 is 32.2 Å². The summed E-state index contributed by atoms with van der Waals surface area (Å²) in [5.74, 6) is 0.191. The average Bonchev–Trinajstić information content (AvgIpc) is 2.45. The first kappa shape index (κ1) is 14.8. The summed E-state index contributed by atoms with van der Waals surface area (Å²) in [5.41, 5.74) is 0.477. The quantitative estimate of drug-likeness (QED) is 0.814. The predicted molar refractivity (Wildman–Crippen MR) is 80.6 cm³/mol. The Morgan fingerprint density at radius 1 is 1.20 bits per heavy atom. The van der Waals surface area contributed by atoms with Crippen LogP contribution in [-0.2, 0) is 9.84 Å². The largest absolute Gasteiger partial charge is 0.224 e. The number of nitriles is 1. The molecule has 1 unspecified atom stereocenters. The first-order chi connectivity index (χ1) is 9.49. The van der Waals surface area contributed by atoms with Gasteiger partial charge in [-0.1, -0.05) is 31.2 Å². The summed E-state index contributed by atoms with van der Waals surface area (Å²) in [6, 6.07) is 12.2. The number of halogens is 1. The molecule has 2 aromatic carbocycles. The zero-order valence-electron chi connectivity index (χ0n) is 11.0. The SMILES string of the molecule is CC(CCl)CS(=O)(=O)c1ccc(C#N)c2ccccc12. The van der Waals surface area contributed by atoms with Crippen molar-refractivity contribution in [1.82, 2.24) is 0 Å². The lowest BCUT2D eigenvalue weighted by Gasteiger charge is -2.12. The van der Waals surface area contributed by atoms with Gasteiger partial charge in [-0.15, -0.1) is 11.6 Å². The lowest BCUT2D eigenvalue weighted by Crippen LogP contribution is -2.15. The van der Waals surface area contributed by atoms with Crippen molar-refractivity contribution in [1.29, 1.82) is 5.26 Å². The van der Waals surface area contributed by atoms with Crippen LogP contribution < -0.4 is 0 Å². The lowest BCUT2D eigenvalue weighted by atomic mass is 10.1. The Kier molecular flexibility index (Phi) is 4.32. The molecule has 1 atom stereocenters. The van der Waals surface area contributed by atoms with Crippen LogP contribution in [0.4, 0.5) is 0 Å². The molecule has 0 bridgehead atoms. The van der Waals surface area contributed by atoms with Crippen LogP contribution in [0.3, 0.4) is 0 Å². The summed E-state index contributed by atoms with van der Waals surface area (Å²) in [6.45, 7) is 1.80. The number of hydrogen-bond acceptors (Lipinski definition) is 3. The molecule has 0 saturated heterocycles. The molecule has 0 aromatic heterocycles. The van der Waals surface area contributed by atoms with E-state index < -0.39 is 9.84 Å². The van der Waals surface area contributed by atoms with E-state index in [0.717, 1.165) is 0 Å². The highest BCUT2D eigenvalue weighted by atomic mass is 35.5. The average molecular weight is 308 g/mol. The standard InChI is InChI=1S/C15H14ClNO2S/c1-11(8-16)10-20(18,19)15-7-6-12(9-17)13-4-2-3-5-14(13)15/h2-7,11H,8,10H2,1H3. The van der Waals surface area contributed by atoms with Gasteiger partial charge in [0.25, 0.3) is 0 Å². The molecular formula is C15H14ClNO2S. The van der Waals surface area contributed by atoms with Crippen LogP contribution in [0, 0.1) is 17.2 Å². The van der Waals surface area contributed by atoms with E-state index >= 15 is 0 Å². The molecule has 0 fully saturated rings. The second-order valence-corrected chi connectivity index (χ2v) is 7.12. The Bertz CT molecular complexity index is 778. The number of sulfone groups is 1.